The Morgan fingerprint density at radius 3 is 2.74 bits per heavy atom. The first-order valence-electron chi connectivity index (χ1n) is 8.43. The Morgan fingerprint density at radius 1 is 1.15 bits per heavy atom. The Balaban J connectivity index is 1.51. The molecular formula is C21H17N3O2S. The molecule has 4 aromatic rings. The van der Waals surface area contributed by atoms with Crippen molar-refractivity contribution in [3.8, 4) is 11.1 Å². The fourth-order valence-corrected chi connectivity index (χ4v) is 3.57. The number of rotatable bonds is 5. The summed E-state index contributed by atoms with van der Waals surface area (Å²) in [5, 5.41) is 12.7. The number of fused-ring (bicyclic) bond motifs is 1. The van der Waals surface area contributed by atoms with Crippen LogP contribution in [0.15, 0.2) is 65.4 Å². The first-order chi connectivity index (χ1) is 13.2. The minimum absolute atomic E-state index is 0.553. The van der Waals surface area contributed by atoms with Gasteiger partial charge in [0.15, 0.2) is 0 Å². The molecule has 0 fully saturated rings. The van der Waals surface area contributed by atoms with Crippen molar-refractivity contribution >= 4 is 34.4 Å². The van der Waals surface area contributed by atoms with E-state index in [4.69, 9.17) is 5.21 Å². The molecule has 134 valence electrons. The van der Waals surface area contributed by atoms with Crippen LogP contribution >= 0.6 is 11.3 Å². The topological polar surface area (TPSA) is 78.0 Å². The monoisotopic (exact) mass is 375 g/mol. The van der Waals surface area contributed by atoms with E-state index in [-0.39, 0.29) is 0 Å². The van der Waals surface area contributed by atoms with Gasteiger partial charge in [0.2, 0.25) is 0 Å². The van der Waals surface area contributed by atoms with Crippen molar-refractivity contribution in [1.29, 1.82) is 0 Å². The molecule has 0 bridgehead atoms. The van der Waals surface area contributed by atoms with Crippen LogP contribution in [0.4, 0.5) is 0 Å². The van der Waals surface area contributed by atoms with E-state index in [1.807, 2.05) is 30.3 Å². The smallest absolute Gasteiger partial charge is 0.267 e. The van der Waals surface area contributed by atoms with Crippen molar-refractivity contribution in [3.05, 3.63) is 82.3 Å². The van der Waals surface area contributed by atoms with Gasteiger partial charge in [-0.15, -0.1) is 0 Å². The van der Waals surface area contributed by atoms with Gasteiger partial charge in [-0.1, -0.05) is 30.3 Å². The molecule has 2 aromatic carbocycles. The van der Waals surface area contributed by atoms with Gasteiger partial charge in [-0.05, 0) is 57.3 Å². The number of H-pyrrole nitrogens is 1. The van der Waals surface area contributed by atoms with Crippen molar-refractivity contribution in [2.24, 2.45) is 0 Å². The number of amides is 1. The summed E-state index contributed by atoms with van der Waals surface area (Å²) in [6.07, 6.45) is 3.62. The molecule has 3 N–H and O–H groups in total. The quantitative estimate of drug-likeness (QED) is 0.275. The van der Waals surface area contributed by atoms with E-state index in [0.717, 1.165) is 28.0 Å². The highest BCUT2D eigenvalue weighted by molar-refractivity contribution is 7.08. The predicted molar refractivity (Wildman–Crippen MR) is 108 cm³/mol. The first-order valence-corrected chi connectivity index (χ1v) is 9.38. The zero-order valence-electron chi connectivity index (χ0n) is 14.3. The molecule has 2 heterocycles. The third kappa shape index (κ3) is 3.97. The standard InChI is InChI=1S/C21H17N3O2S/c25-21(24-26)8-5-14-1-3-15(4-2-14)11-20-22-18-7-6-16(12-19(18)23-20)17-9-10-27-13-17/h1-10,12-13,26H,11H2,(H,22,23)(H,24,25). The fourth-order valence-electron chi connectivity index (χ4n) is 2.90. The number of aromatic amines is 1. The van der Waals surface area contributed by atoms with E-state index < -0.39 is 5.91 Å². The summed E-state index contributed by atoms with van der Waals surface area (Å²) < 4.78 is 0. The van der Waals surface area contributed by atoms with Gasteiger partial charge in [-0.25, -0.2) is 10.5 Å². The number of hydroxylamine groups is 1. The molecule has 0 spiro atoms. The third-order valence-electron chi connectivity index (χ3n) is 4.27. The Bertz CT molecular complexity index is 1100. The van der Waals surface area contributed by atoms with Crippen LogP contribution in [0.5, 0.6) is 0 Å². The molecule has 2 aromatic heterocycles. The van der Waals surface area contributed by atoms with E-state index in [0.29, 0.717) is 6.42 Å². The lowest BCUT2D eigenvalue weighted by Gasteiger charge is -1.99. The second-order valence-corrected chi connectivity index (χ2v) is 6.94. The van der Waals surface area contributed by atoms with Gasteiger partial charge in [0.05, 0.1) is 11.0 Å². The first kappa shape index (κ1) is 17.2. The minimum atomic E-state index is -0.553. The molecule has 0 aliphatic heterocycles. The van der Waals surface area contributed by atoms with E-state index in [1.165, 1.54) is 17.2 Å². The molecule has 0 aliphatic rings. The van der Waals surface area contributed by atoms with E-state index in [9.17, 15) is 4.79 Å². The van der Waals surface area contributed by atoms with Crippen LogP contribution in [0, 0.1) is 0 Å². The van der Waals surface area contributed by atoms with Crippen molar-refractivity contribution in [1.82, 2.24) is 15.4 Å². The van der Waals surface area contributed by atoms with Crippen LogP contribution in [-0.4, -0.2) is 21.1 Å². The number of hydrogen-bond acceptors (Lipinski definition) is 4. The van der Waals surface area contributed by atoms with Crippen molar-refractivity contribution in [2.75, 3.05) is 0 Å². The zero-order valence-corrected chi connectivity index (χ0v) is 15.2. The number of carbonyl (C=O) groups excluding carboxylic acids is 1. The summed E-state index contributed by atoms with van der Waals surface area (Å²) in [5.41, 5.74) is 7.96. The largest absolute Gasteiger partial charge is 0.342 e. The number of thiophene rings is 1. The van der Waals surface area contributed by atoms with Crippen molar-refractivity contribution in [3.63, 3.8) is 0 Å². The Morgan fingerprint density at radius 2 is 2.00 bits per heavy atom. The molecule has 0 saturated heterocycles. The second-order valence-electron chi connectivity index (χ2n) is 6.16. The highest BCUT2D eigenvalue weighted by Crippen LogP contribution is 2.25. The van der Waals surface area contributed by atoms with E-state index in [2.05, 4.69) is 38.9 Å². The Kier molecular flexibility index (Phi) is 4.82. The van der Waals surface area contributed by atoms with Gasteiger partial charge in [0, 0.05) is 12.5 Å². The van der Waals surface area contributed by atoms with Crippen LogP contribution in [0.1, 0.15) is 17.0 Å². The Hall–Kier alpha value is -3.22. The molecule has 0 saturated carbocycles. The van der Waals surface area contributed by atoms with Crippen LogP contribution < -0.4 is 5.48 Å². The molecule has 27 heavy (non-hydrogen) atoms. The SMILES string of the molecule is O=C(C=Cc1ccc(Cc2nc3ccc(-c4ccsc4)cc3[nH]2)cc1)NO. The van der Waals surface area contributed by atoms with Gasteiger partial charge in [-0.2, -0.15) is 11.3 Å². The van der Waals surface area contributed by atoms with Gasteiger partial charge < -0.3 is 4.98 Å². The van der Waals surface area contributed by atoms with Crippen molar-refractivity contribution in [2.45, 2.75) is 6.42 Å². The molecule has 5 nitrogen and oxygen atoms in total. The number of aromatic nitrogens is 2. The molecule has 0 radical (unpaired) electrons. The summed E-state index contributed by atoms with van der Waals surface area (Å²) in [6.45, 7) is 0. The molecule has 0 aliphatic carbocycles. The normalized spacial score (nSPS) is 11.3. The average Bonchev–Trinajstić information content (AvgIpc) is 3.36. The molecule has 4 rings (SSSR count). The molecule has 6 heteroatoms. The minimum Gasteiger partial charge on any atom is -0.342 e. The summed E-state index contributed by atoms with van der Waals surface area (Å²) in [4.78, 5) is 19.1. The summed E-state index contributed by atoms with van der Waals surface area (Å²) in [6, 6.07) is 16.2. The number of hydrogen-bond donors (Lipinski definition) is 3. The zero-order chi connectivity index (χ0) is 18.6. The number of nitrogens with zero attached hydrogens (tertiary/aromatic N) is 1. The Labute approximate surface area is 160 Å². The van der Waals surface area contributed by atoms with Gasteiger partial charge in [0.1, 0.15) is 5.82 Å². The van der Waals surface area contributed by atoms with Crippen LogP contribution in [-0.2, 0) is 11.2 Å². The number of nitrogens with one attached hydrogen (secondary N) is 2. The maximum absolute atomic E-state index is 11.0. The average molecular weight is 375 g/mol. The maximum atomic E-state index is 11.0. The van der Waals surface area contributed by atoms with Gasteiger partial charge in [0.25, 0.3) is 5.91 Å². The molecular weight excluding hydrogens is 358 g/mol. The van der Waals surface area contributed by atoms with Crippen LogP contribution in [0.3, 0.4) is 0 Å². The lowest BCUT2D eigenvalue weighted by molar-refractivity contribution is -0.124. The lowest BCUT2D eigenvalue weighted by atomic mass is 10.1. The van der Waals surface area contributed by atoms with Crippen LogP contribution in [0.2, 0.25) is 0 Å². The van der Waals surface area contributed by atoms with Crippen LogP contribution in [0.25, 0.3) is 28.2 Å². The second kappa shape index (κ2) is 7.57. The predicted octanol–water partition coefficient (Wildman–Crippen LogP) is 4.40. The molecule has 0 unspecified atom stereocenters. The summed E-state index contributed by atoms with van der Waals surface area (Å²) in [5.74, 6) is 0.360. The molecule has 0 atom stereocenters. The number of imidazole rings is 1. The summed E-state index contributed by atoms with van der Waals surface area (Å²) >= 11 is 1.69. The highest BCUT2D eigenvalue weighted by atomic mass is 32.1. The number of benzene rings is 2. The summed E-state index contributed by atoms with van der Waals surface area (Å²) in [7, 11) is 0. The van der Waals surface area contributed by atoms with E-state index >= 15 is 0 Å². The van der Waals surface area contributed by atoms with Crippen molar-refractivity contribution < 1.29 is 10.0 Å². The highest BCUT2D eigenvalue weighted by Gasteiger charge is 2.06. The maximum Gasteiger partial charge on any atom is 0.267 e. The third-order valence-corrected chi connectivity index (χ3v) is 4.96. The lowest BCUT2D eigenvalue weighted by Crippen LogP contribution is -2.14. The fraction of sp³-hybridized carbons (Fsp3) is 0.0476. The van der Waals surface area contributed by atoms with E-state index in [1.54, 1.807) is 22.9 Å². The van der Waals surface area contributed by atoms with Gasteiger partial charge in [-0.3, -0.25) is 10.0 Å². The van der Waals surface area contributed by atoms with Gasteiger partial charge >= 0.3 is 0 Å². The number of carbonyl (C=O) groups is 1. The molecule has 1 amide bonds.